The first-order valence-corrected chi connectivity index (χ1v) is 10.7. The van der Waals surface area contributed by atoms with Crippen molar-refractivity contribution in [3.63, 3.8) is 0 Å². The molecule has 0 radical (unpaired) electrons. The van der Waals surface area contributed by atoms with Crippen LogP contribution in [0.1, 0.15) is 68.4 Å². The Labute approximate surface area is 172 Å². The van der Waals surface area contributed by atoms with E-state index in [0.29, 0.717) is 12.0 Å². The van der Waals surface area contributed by atoms with Gasteiger partial charge >= 0.3 is 0 Å². The zero-order valence-corrected chi connectivity index (χ0v) is 17.2. The van der Waals surface area contributed by atoms with Crippen molar-refractivity contribution in [2.24, 2.45) is 0 Å². The summed E-state index contributed by atoms with van der Waals surface area (Å²) in [5.74, 6) is 0.843. The van der Waals surface area contributed by atoms with E-state index in [9.17, 15) is 5.26 Å². The number of fused-ring (bicyclic) bond motifs is 1. The molecule has 0 amide bonds. The normalized spacial score (nSPS) is 16.3. The third-order valence-corrected chi connectivity index (χ3v) is 5.86. The number of nitrogens with zero attached hydrogens (tertiary/aromatic N) is 5. The van der Waals surface area contributed by atoms with E-state index >= 15 is 0 Å². The van der Waals surface area contributed by atoms with Crippen molar-refractivity contribution >= 4 is 17.0 Å². The molecule has 0 saturated heterocycles. The number of hydrogen-bond donors (Lipinski definition) is 1. The van der Waals surface area contributed by atoms with Gasteiger partial charge in [-0.3, -0.25) is 0 Å². The van der Waals surface area contributed by atoms with Crippen LogP contribution in [-0.2, 0) is 6.54 Å². The maximum Gasteiger partial charge on any atom is 0.223 e. The average molecular weight is 389 g/mol. The van der Waals surface area contributed by atoms with Crippen LogP contribution in [0.3, 0.4) is 0 Å². The van der Waals surface area contributed by atoms with E-state index in [2.05, 4.69) is 33.9 Å². The van der Waals surface area contributed by atoms with Crippen LogP contribution in [0.25, 0.3) is 11.0 Å². The van der Waals surface area contributed by atoms with Crippen LogP contribution >= 0.6 is 0 Å². The van der Waals surface area contributed by atoms with Crippen molar-refractivity contribution in [2.75, 3.05) is 5.32 Å². The van der Waals surface area contributed by atoms with Crippen LogP contribution in [-0.4, -0.2) is 25.6 Å². The highest BCUT2D eigenvalue weighted by molar-refractivity contribution is 5.76. The van der Waals surface area contributed by atoms with Crippen molar-refractivity contribution in [3.05, 3.63) is 47.5 Å². The van der Waals surface area contributed by atoms with Gasteiger partial charge < -0.3 is 9.88 Å². The molecule has 1 aromatic carbocycles. The molecule has 4 rings (SSSR count). The molecule has 2 aromatic heterocycles. The largest absolute Gasteiger partial charge is 0.351 e. The number of nitriles is 1. The SMILES string of the molecule is CCn1c(C(C#N)c2nc(NC3CCCCCC3)ncc2C)nc2ccccc21. The van der Waals surface area contributed by atoms with E-state index < -0.39 is 5.92 Å². The van der Waals surface area contributed by atoms with Crippen molar-refractivity contribution in [1.82, 2.24) is 19.5 Å². The fraction of sp³-hybridized carbons (Fsp3) is 0.478. The second-order valence-corrected chi connectivity index (χ2v) is 7.86. The highest BCUT2D eigenvalue weighted by Crippen LogP contribution is 2.29. The molecule has 150 valence electrons. The molecule has 0 spiro atoms. The Morgan fingerprint density at radius 1 is 1.17 bits per heavy atom. The molecule has 6 nitrogen and oxygen atoms in total. The highest BCUT2D eigenvalue weighted by Gasteiger charge is 2.25. The smallest absolute Gasteiger partial charge is 0.223 e. The van der Waals surface area contributed by atoms with Gasteiger partial charge in [0.1, 0.15) is 11.7 Å². The Balaban J connectivity index is 1.70. The summed E-state index contributed by atoms with van der Waals surface area (Å²) in [6.07, 6.45) is 9.24. The molecule has 6 heteroatoms. The number of imidazole rings is 1. The predicted molar refractivity (Wildman–Crippen MR) is 115 cm³/mol. The lowest BCUT2D eigenvalue weighted by atomic mass is 10.0. The first kappa shape index (κ1) is 19.4. The minimum Gasteiger partial charge on any atom is -0.351 e. The third-order valence-electron chi connectivity index (χ3n) is 5.86. The lowest BCUT2D eigenvalue weighted by Gasteiger charge is -2.18. The molecule has 1 N–H and O–H groups in total. The van der Waals surface area contributed by atoms with Gasteiger partial charge in [0, 0.05) is 18.8 Å². The Morgan fingerprint density at radius 3 is 2.66 bits per heavy atom. The summed E-state index contributed by atoms with van der Waals surface area (Å²) in [5.41, 5.74) is 3.61. The molecule has 3 aromatic rings. The fourth-order valence-electron chi connectivity index (χ4n) is 4.31. The first-order valence-electron chi connectivity index (χ1n) is 10.7. The summed E-state index contributed by atoms with van der Waals surface area (Å²) in [6, 6.07) is 10.9. The zero-order chi connectivity index (χ0) is 20.2. The Kier molecular flexibility index (Phi) is 5.75. The maximum absolute atomic E-state index is 10.1. The Bertz CT molecular complexity index is 1020. The summed E-state index contributed by atoms with van der Waals surface area (Å²) in [4.78, 5) is 14.1. The zero-order valence-electron chi connectivity index (χ0n) is 17.2. The molecule has 2 heterocycles. The van der Waals surface area contributed by atoms with Crippen LogP contribution in [0, 0.1) is 18.3 Å². The third kappa shape index (κ3) is 3.95. The maximum atomic E-state index is 10.1. The lowest BCUT2D eigenvalue weighted by Crippen LogP contribution is -2.21. The number of rotatable bonds is 5. The topological polar surface area (TPSA) is 79.4 Å². The van der Waals surface area contributed by atoms with E-state index in [-0.39, 0.29) is 0 Å². The molecule has 1 atom stereocenters. The van der Waals surface area contributed by atoms with E-state index in [0.717, 1.165) is 47.5 Å². The van der Waals surface area contributed by atoms with Crippen molar-refractivity contribution in [2.45, 2.75) is 70.9 Å². The van der Waals surface area contributed by atoms with Gasteiger partial charge in [0.25, 0.3) is 0 Å². The van der Waals surface area contributed by atoms with Gasteiger partial charge in [-0.1, -0.05) is 37.8 Å². The van der Waals surface area contributed by atoms with Crippen molar-refractivity contribution in [1.29, 1.82) is 5.26 Å². The first-order chi connectivity index (χ1) is 14.2. The van der Waals surface area contributed by atoms with Crippen LogP contribution in [0.15, 0.2) is 30.5 Å². The quantitative estimate of drug-likeness (QED) is 0.626. The number of benzene rings is 1. The van der Waals surface area contributed by atoms with Gasteiger partial charge in [0.15, 0.2) is 0 Å². The van der Waals surface area contributed by atoms with Gasteiger partial charge in [-0.15, -0.1) is 0 Å². The molecule has 1 aliphatic rings. The second-order valence-electron chi connectivity index (χ2n) is 7.86. The van der Waals surface area contributed by atoms with Crippen LogP contribution in [0.5, 0.6) is 0 Å². The van der Waals surface area contributed by atoms with E-state index in [4.69, 9.17) is 9.97 Å². The monoisotopic (exact) mass is 388 g/mol. The van der Waals surface area contributed by atoms with Crippen LogP contribution in [0.4, 0.5) is 5.95 Å². The van der Waals surface area contributed by atoms with Gasteiger partial charge in [-0.25, -0.2) is 15.0 Å². The predicted octanol–water partition coefficient (Wildman–Crippen LogP) is 4.94. The van der Waals surface area contributed by atoms with Crippen LogP contribution in [0.2, 0.25) is 0 Å². The van der Waals surface area contributed by atoms with E-state index in [1.807, 2.05) is 31.3 Å². The van der Waals surface area contributed by atoms with Gasteiger partial charge in [0.05, 0.1) is 22.8 Å². The Morgan fingerprint density at radius 2 is 1.93 bits per heavy atom. The summed E-state index contributed by atoms with van der Waals surface area (Å²) in [6.45, 7) is 4.80. The summed E-state index contributed by atoms with van der Waals surface area (Å²) >= 11 is 0. The number of aryl methyl sites for hydroxylation is 2. The van der Waals surface area contributed by atoms with Crippen LogP contribution < -0.4 is 5.32 Å². The Hall–Kier alpha value is -2.94. The molecule has 29 heavy (non-hydrogen) atoms. The average Bonchev–Trinajstić information content (AvgIpc) is 2.90. The number of para-hydroxylation sites is 2. The molecule has 1 unspecified atom stereocenters. The summed E-state index contributed by atoms with van der Waals surface area (Å²) in [7, 11) is 0. The van der Waals surface area contributed by atoms with Crippen molar-refractivity contribution < 1.29 is 0 Å². The summed E-state index contributed by atoms with van der Waals surface area (Å²) < 4.78 is 2.11. The number of hydrogen-bond acceptors (Lipinski definition) is 5. The lowest BCUT2D eigenvalue weighted by molar-refractivity contribution is 0.613. The minimum atomic E-state index is -0.528. The molecular weight excluding hydrogens is 360 g/mol. The molecule has 1 saturated carbocycles. The molecule has 0 aliphatic heterocycles. The molecule has 1 fully saturated rings. The fourth-order valence-corrected chi connectivity index (χ4v) is 4.31. The number of nitrogens with one attached hydrogen (secondary N) is 1. The van der Waals surface area contributed by atoms with Crippen molar-refractivity contribution in [3.8, 4) is 6.07 Å². The van der Waals surface area contributed by atoms with Gasteiger partial charge in [-0.05, 0) is 44.4 Å². The number of aromatic nitrogens is 4. The summed E-state index contributed by atoms with van der Waals surface area (Å²) in [5, 5.41) is 13.6. The van der Waals surface area contributed by atoms with Gasteiger partial charge in [0.2, 0.25) is 5.95 Å². The molecule has 0 bridgehead atoms. The second kappa shape index (κ2) is 8.60. The van der Waals surface area contributed by atoms with E-state index in [1.54, 1.807) is 0 Å². The highest BCUT2D eigenvalue weighted by atomic mass is 15.1. The standard InChI is InChI=1S/C23H28N6/c1-3-29-20-13-9-8-12-19(20)27-22(29)18(14-24)21-16(2)15-25-23(28-21)26-17-10-6-4-5-7-11-17/h8-9,12-13,15,17-18H,3-7,10-11H2,1-2H3,(H,25,26,28). The molecular formula is C23H28N6. The molecule has 1 aliphatic carbocycles. The van der Waals surface area contributed by atoms with E-state index in [1.165, 1.54) is 25.7 Å². The minimum absolute atomic E-state index is 0.411. The van der Waals surface area contributed by atoms with Gasteiger partial charge in [-0.2, -0.15) is 5.26 Å². The number of anilines is 1.